The highest BCUT2D eigenvalue weighted by molar-refractivity contribution is 7.10. The number of fused-ring (bicyclic) bond motifs is 1. The van der Waals surface area contributed by atoms with Gasteiger partial charge in [0.2, 0.25) is 5.91 Å². The molecule has 2 aromatic rings. The Bertz CT molecular complexity index is 629. The van der Waals surface area contributed by atoms with Crippen molar-refractivity contribution in [2.75, 3.05) is 19.6 Å². The lowest BCUT2D eigenvalue weighted by Crippen LogP contribution is -2.61. The molecule has 1 saturated heterocycles. The quantitative estimate of drug-likeness (QED) is 0.868. The lowest BCUT2D eigenvalue weighted by Gasteiger charge is -2.46. The molecule has 0 unspecified atom stereocenters. The van der Waals surface area contributed by atoms with Gasteiger partial charge >= 0.3 is 0 Å². The molecule has 0 saturated carbocycles. The Morgan fingerprint density at radius 2 is 2.14 bits per heavy atom. The van der Waals surface area contributed by atoms with Gasteiger partial charge < -0.3 is 4.90 Å². The van der Waals surface area contributed by atoms with E-state index in [4.69, 9.17) is 0 Å². The Morgan fingerprint density at radius 1 is 1.24 bits per heavy atom. The third kappa shape index (κ3) is 2.65. The van der Waals surface area contributed by atoms with E-state index >= 15 is 0 Å². The molecule has 2 aliphatic rings. The van der Waals surface area contributed by atoms with Crippen LogP contribution in [0.25, 0.3) is 0 Å². The first-order valence-electron chi connectivity index (χ1n) is 7.39. The van der Waals surface area contributed by atoms with Gasteiger partial charge in [-0.3, -0.25) is 9.69 Å². The normalized spacial score (nSPS) is 19.3. The molecule has 0 spiro atoms. The SMILES string of the molecule is O=C(Cc1cccs1)N1CC(N2CCc3sccc3C2)C1. The maximum absolute atomic E-state index is 12.2. The van der Waals surface area contributed by atoms with Gasteiger partial charge in [0, 0.05) is 42.0 Å². The van der Waals surface area contributed by atoms with Crippen LogP contribution in [0.5, 0.6) is 0 Å². The Labute approximate surface area is 132 Å². The summed E-state index contributed by atoms with van der Waals surface area (Å²) < 4.78 is 0. The van der Waals surface area contributed by atoms with Crippen LogP contribution in [0.15, 0.2) is 29.0 Å². The summed E-state index contributed by atoms with van der Waals surface area (Å²) in [5.41, 5.74) is 1.50. The van der Waals surface area contributed by atoms with Crippen molar-refractivity contribution < 1.29 is 4.79 Å². The molecule has 0 atom stereocenters. The van der Waals surface area contributed by atoms with E-state index in [0.717, 1.165) is 26.2 Å². The summed E-state index contributed by atoms with van der Waals surface area (Å²) in [7, 11) is 0. The molecule has 0 N–H and O–H groups in total. The Kier molecular flexibility index (Phi) is 3.57. The van der Waals surface area contributed by atoms with E-state index in [9.17, 15) is 4.79 Å². The number of likely N-dealkylation sites (tertiary alicyclic amines) is 1. The first-order valence-corrected chi connectivity index (χ1v) is 9.15. The molecule has 2 aromatic heterocycles. The number of nitrogens with zero attached hydrogens (tertiary/aromatic N) is 2. The van der Waals surface area contributed by atoms with Crippen LogP contribution in [0.4, 0.5) is 0 Å². The van der Waals surface area contributed by atoms with Crippen LogP contribution in [-0.4, -0.2) is 41.4 Å². The van der Waals surface area contributed by atoms with Crippen LogP contribution in [-0.2, 0) is 24.2 Å². The Morgan fingerprint density at radius 3 is 2.95 bits per heavy atom. The third-order valence-electron chi connectivity index (χ3n) is 4.47. The van der Waals surface area contributed by atoms with Crippen LogP contribution in [0.1, 0.15) is 15.3 Å². The molecule has 4 heterocycles. The van der Waals surface area contributed by atoms with Gasteiger partial charge in [0.05, 0.1) is 6.42 Å². The number of hydrogen-bond donors (Lipinski definition) is 0. The molecule has 0 aliphatic carbocycles. The van der Waals surface area contributed by atoms with Gasteiger partial charge in [-0.25, -0.2) is 0 Å². The van der Waals surface area contributed by atoms with Crippen LogP contribution in [0.3, 0.4) is 0 Å². The molecule has 110 valence electrons. The zero-order valence-electron chi connectivity index (χ0n) is 11.8. The molecule has 1 amide bonds. The zero-order valence-corrected chi connectivity index (χ0v) is 13.5. The molecule has 2 aliphatic heterocycles. The summed E-state index contributed by atoms with van der Waals surface area (Å²) in [6.07, 6.45) is 1.74. The van der Waals surface area contributed by atoms with Crippen molar-refractivity contribution in [3.8, 4) is 0 Å². The molecule has 1 fully saturated rings. The van der Waals surface area contributed by atoms with Gasteiger partial charge in [0.1, 0.15) is 0 Å². The van der Waals surface area contributed by atoms with Gasteiger partial charge in [0.25, 0.3) is 0 Å². The van der Waals surface area contributed by atoms with E-state index in [1.54, 1.807) is 16.2 Å². The largest absolute Gasteiger partial charge is 0.339 e. The predicted molar refractivity (Wildman–Crippen MR) is 86.8 cm³/mol. The average Bonchev–Trinajstić information content (AvgIpc) is 3.07. The van der Waals surface area contributed by atoms with Gasteiger partial charge in [0.15, 0.2) is 0 Å². The van der Waals surface area contributed by atoms with E-state index in [0.29, 0.717) is 12.5 Å². The highest BCUT2D eigenvalue weighted by atomic mass is 32.1. The van der Waals surface area contributed by atoms with Crippen LogP contribution >= 0.6 is 22.7 Å². The standard InChI is InChI=1S/C16H18N2OS2/c19-16(8-14-2-1-6-20-14)18-10-13(11-18)17-5-3-15-12(9-17)4-7-21-15/h1-2,4,6-7,13H,3,5,8-11H2. The van der Waals surface area contributed by atoms with Crippen molar-refractivity contribution in [1.82, 2.24) is 9.80 Å². The molecule has 4 rings (SSSR count). The Balaban J connectivity index is 1.30. The van der Waals surface area contributed by atoms with E-state index in [1.807, 2.05) is 33.7 Å². The molecular weight excluding hydrogens is 300 g/mol. The molecule has 0 radical (unpaired) electrons. The number of thiophene rings is 2. The number of carbonyl (C=O) groups is 1. The smallest absolute Gasteiger partial charge is 0.227 e. The highest BCUT2D eigenvalue weighted by Crippen LogP contribution is 2.28. The minimum atomic E-state index is 0.280. The van der Waals surface area contributed by atoms with Crippen molar-refractivity contribution in [2.24, 2.45) is 0 Å². The minimum Gasteiger partial charge on any atom is -0.339 e. The van der Waals surface area contributed by atoms with E-state index in [-0.39, 0.29) is 5.91 Å². The van der Waals surface area contributed by atoms with E-state index in [1.165, 1.54) is 16.9 Å². The number of carbonyl (C=O) groups excluding carboxylic acids is 1. The maximum atomic E-state index is 12.2. The topological polar surface area (TPSA) is 23.6 Å². The number of rotatable bonds is 3. The lowest BCUT2D eigenvalue weighted by atomic mass is 10.0. The maximum Gasteiger partial charge on any atom is 0.227 e. The van der Waals surface area contributed by atoms with Crippen molar-refractivity contribution >= 4 is 28.6 Å². The molecule has 0 aromatic carbocycles. The van der Waals surface area contributed by atoms with Crippen LogP contribution in [0.2, 0.25) is 0 Å². The summed E-state index contributed by atoms with van der Waals surface area (Å²) >= 11 is 3.55. The van der Waals surface area contributed by atoms with Crippen molar-refractivity contribution in [2.45, 2.75) is 25.4 Å². The van der Waals surface area contributed by atoms with Crippen molar-refractivity contribution in [3.05, 3.63) is 44.3 Å². The first-order chi connectivity index (χ1) is 10.3. The minimum absolute atomic E-state index is 0.280. The zero-order chi connectivity index (χ0) is 14.2. The fourth-order valence-electron chi connectivity index (χ4n) is 3.15. The molecule has 5 heteroatoms. The van der Waals surface area contributed by atoms with Crippen LogP contribution in [0, 0.1) is 0 Å². The van der Waals surface area contributed by atoms with Gasteiger partial charge in [-0.15, -0.1) is 22.7 Å². The summed E-state index contributed by atoms with van der Waals surface area (Å²) in [6, 6.07) is 6.87. The second kappa shape index (κ2) is 5.55. The molecule has 3 nitrogen and oxygen atoms in total. The fourth-order valence-corrected chi connectivity index (χ4v) is 4.73. The second-order valence-electron chi connectivity index (χ2n) is 5.80. The van der Waals surface area contributed by atoms with Crippen molar-refractivity contribution in [1.29, 1.82) is 0 Å². The predicted octanol–water partition coefficient (Wildman–Crippen LogP) is 2.62. The molecular formula is C16H18N2OS2. The highest BCUT2D eigenvalue weighted by Gasteiger charge is 2.35. The number of amides is 1. The van der Waals surface area contributed by atoms with Crippen molar-refractivity contribution in [3.63, 3.8) is 0 Å². The van der Waals surface area contributed by atoms with E-state index in [2.05, 4.69) is 16.3 Å². The Hall–Kier alpha value is -1.17. The summed E-state index contributed by atoms with van der Waals surface area (Å²) in [5.74, 6) is 0.280. The number of hydrogen-bond acceptors (Lipinski definition) is 4. The molecule has 21 heavy (non-hydrogen) atoms. The molecule has 0 bridgehead atoms. The van der Waals surface area contributed by atoms with Gasteiger partial charge in [-0.05, 0) is 34.9 Å². The van der Waals surface area contributed by atoms with E-state index < -0.39 is 0 Å². The second-order valence-corrected chi connectivity index (χ2v) is 7.83. The van der Waals surface area contributed by atoms with Gasteiger partial charge in [-0.2, -0.15) is 0 Å². The monoisotopic (exact) mass is 318 g/mol. The average molecular weight is 318 g/mol. The third-order valence-corrected chi connectivity index (χ3v) is 6.37. The summed E-state index contributed by atoms with van der Waals surface area (Å²) in [4.78, 5) is 19.5. The van der Waals surface area contributed by atoms with Gasteiger partial charge in [-0.1, -0.05) is 6.07 Å². The summed E-state index contributed by atoms with van der Waals surface area (Å²) in [5, 5.41) is 4.24. The summed E-state index contributed by atoms with van der Waals surface area (Å²) in [6.45, 7) is 4.02. The first kappa shape index (κ1) is 13.5. The van der Waals surface area contributed by atoms with Crippen LogP contribution < -0.4 is 0 Å². The lowest BCUT2D eigenvalue weighted by molar-refractivity contribution is -0.138. The fraction of sp³-hybridized carbons (Fsp3) is 0.438.